The molecule has 0 fully saturated rings. The highest BCUT2D eigenvalue weighted by Gasteiger charge is 2.16. The summed E-state index contributed by atoms with van der Waals surface area (Å²) in [7, 11) is 0. The Bertz CT molecular complexity index is 809. The average molecular weight is 276 g/mol. The van der Waals surface area contributed by atoms with Gasteiger partial charge in [-0.1, -0.05) is 42.5 Å². The van der Waals surface area contributed by atoms with Gasteiger partial charge >= 0.3 is 0 Å². The highest BCUT2D eigenvalue weighted by molar-refractivity contribution is 5.91. The molecule has 4 nitrogen and oxygen atoms in total. The predicted octanol–water partition coefficient (Wildman–Crippen LogP) is 3.31. The van der Waals surface area contributed by atoms with Gasteiger partial charge in [-0.3, -0.25) is 0 Å². The van der Waals surface area contributed by atoms with Crippen LogP contribution < -0.4 is 4.90 Å². The number of H-pyrrole nitrogens is 1. The van der Waals surface area contributed by atoms with Gasteiger partial charge in [0.25, 0.3) is 0 Å². The molecule has 0 saturated carbocycles. The Morgan fingerprint density at radius 2 is 1.81 bits per heavy atom. The third-order valence-electron chi connectivity index (χ3n) is 3.77. The zero-order chi connectivity index (χ0) is 14.2. The van der Waals surface area contributed by atoms with Crippen LogP contribution in [0.2, 0.25) is 0 Å². The van der Waals surface area contributed by atoms with E-state index in [1.807, 2.05) is 25.1 Å². The minimum Gasteiger partial charge on any atom is -0.350 e. The molecule has 3 aromatic rings. The average Bonchev–Trinajstić information content (AvgIpc) is 3.16. The fraction of sp³-hybridized carbons (Fsp3) is 0.176. The van der Waals surface area contributed by atoms with Crippen LogP contribution in [0.4, 0.5) is 5.82 Å². The number of hydrogen-bond donors (Lipinski definition) is 1. The molecule has 0 radical (unpaired) electrons. The first-order chi connectivity index (χ1) is 10.3. The van der Waals surface area contributed by atoms with Gasteiger partial charge in [-0.05, 0) is 18.6 Å². The van der Waals surface area contributed by atoms with Crippen molar-refractivity contribution in [2.24, 2.45) is 0 Å². The van der Waals surface area contributed by atoms with Crippen LogP contribution in [0.1, 0.15) is 5.82 Å². The van der Waals surface area contributed by atoms with Crippen LogP contribution in [0.3, 0.4) is 0 Å². The first kappa shape index (κ1) is 12.1. The van der Waals surface area contributed by atoms with Crippen LogP contribution in [-0.4, -0.2) is 28.0 Å². The number of nitrogens with zero attached hydrogens (tertiary/aromatic N) is 3. The van der Waals surface area contributed by atoms with Gasteiger partial charge < -0.3 is 9.88 Å². The third-order valence-corrected chi connectivity index (χ3v) is 3.77. The van der Waals surface area contributed by atoms with E-state index in [-0.39, 0.29) is 0 Å². The maximum atomic E-state index is 4.63. The second-order valence-electron chi connectivity index (χ2n) is 5.28. The summed E-state index contributed by atoms with van der Waals surface area (Å²) in [5.74, 6) is 1.80. The summed E-state index contributed by atoms with van der Waals surface area (Å²) in [5, 5.41) is 0. The number of anilines is 1. The maximum absolute atomic E-state index is 4.63. The molecular formula is C17H16N4. The normalized spacial score (nSPS) is 14.2. The summed E-state index contributed by atoms with van der Waals surface area (Å²) in [6.07, 6.45) is 4.34. The molecule has 1 aromatic carbocycles. The van der Waals surface area contributed by atoms with E-state index in [1.54, 1.807) is 0 Å². The first-order valence-electron chi connectivity index (χ1n) is 7.14. The van der Waals surface area contributed by atoms with Gasteiger partial charge in [-0.15, -0.1) is 0 Å². The van der Waals surface area contributed by atoms with Crippen LogP contribution in [0.5, 0.6) is 0 Å². The molecule has 2 aromatic heterocycles. The summed E-state index contributed by atoms with van der Waals surface area (Å²) in [4.78, 5) is 14.9. The SMILES string of the molecule is Cc1nc(N2CC=CC2)c2[nH]c(-c3ccccc3)cc2n1. The van der Waals surface area contributed by atoms with Gasteiger partial charge in [0.1, 0.15) is 11.3 Å². The topological polar surface area (TPSA) is 44.8 Å². The summed E-state index contributed by atoms with van der Waals surface area (Å²) >= 11 is 0. The number of fused-ring (bicyclic) bond motifs is 1. The van der Waals surface area contributed by atoms with Gasteiger partial charge in [0.15, 0.2) is 5.82 Å². The summed E-state index contributed by atoms with van der Waals surface area (Å²) < 4.78 is 0. The van der Waals surface area contributed by atoms with E-state index < -0.39 is 0 Å². The lowest BCUT2D eigenvalue weighted by Gasteiger charge is -2.17. The molecule has 0 unspecified atom stereocenters. The number of hydrogen-bond acceptors (Lipinski definition) is 3. The van der Waals surface area contributed by atoms with Gasteiger partial charge in [-0.2, -0.15) is 0 Å². The summed E-state index contributed by atoms with van der Waals surface area (Å²) in [6.45, 7) is 3.76. The lowest BCUT2D eigenvalue weighted by molar-refractivity contribution is 0.948. The van der Waals surface area contributed by atoms with Crippen LogP contribution in [-0.2, 0) is 0 Å². The fourth-order valence-corrected chi connectivity index (χ4v) is 2.76. The van der Waals surface area contributed by atoms with Crippen LogP contribution in [0.15, 0.2) is 48.6 Å². The van der Waals surface area contributed by atoms with Crippen molar-refractivity contribution >= 4 is 16.9 Å². The van der Waals surface area contributed by atoms with Crippen molar-refractivity contribution in [3.05, 3.63) is 54.4 Å². The number of aryl methyl sites for hydroxylation is 1. The summed E-state index contributed by atoms with van der Waals surface area (Å²) in [6, 6.07) is 12.4. The van der Waals surface area contributed by atoms with Crippen LogP contribution in [0, 0.1) is 6.92 Å². The molecule has 0 bridgehead atoms. The predicted molar refractivity (Wildman–Crippen MR) is 85.4 cm³/mol. The Balaban J connectivity index is 1.88. The lowest BCUT2D eigenvalue weighted by atomic mass is 10.2. The number of aromatic amines is 1. The van der Waals surface area contributed by atoms with Crippen LogP contribution in [0.25, 0.3) is 22.3 Å². The van der Waals surface area contributed by atoms with Crippen molar-refractivity contribution in [3.8, 4) is 11.3 Å². The second kappa shape index (κ2) is 4.74. The van der Waals surface area contributed by atoms with E-state index in [4.69, 9.17) is 0 Å². The van der Waals surface area contributed by atoms with Crippen molar-refractivity contribution in [2.45, 2.75) is 6.92 Å². The quantitative estimate of drug-likeness (QED) is 0.730. The molecule has 4 rings (SSSR count). The smallest absolute Gasteiger partial charge is 0.157 e. The number of rotatable bonds is 2. The van der Waals surface area contributed by atoms with Crippen molar-refractivity contribution in [2.75, 3.05) is 18.0 Å². The van der Waals surface area contributed by atoms with E-state index in [1.165, 1.54) is 5.56 Å². The Morgan fingerprint density at radius 3 is 2.57 bits per heavy atom. The standard InChI is InChI=1S/C17H16N4/c1-12-18-15-11-14(13-7-3-2-4-8-13)20-16(15)17(19-12)21-9-5-6-10-21/h2-8,11,20H,9-10H2,1H3. The molecule has 1 aliphatic heterocycles. The largest absolute Gasteiger partial charge is 0.350 e. The number of benzene rings is 1. The number of nitrogens with one attached hydrogen (secondary N) is 1. The zero-order valence-electron chi connectivity index (χ0n) is 11.9. The van der Waals surface area contributed by atoms with Gasteiger partial charge in [-0.25, -0.2) is 9.97 Å². The fourth-order valence-electron chi connectivity index (χ4n) is 2.76. The lowest BCUT2D eigenvalue weighted by Crippen LogP contribution is -2.20. The molecule has 0 atom stereocenters. The van der Waals surface area contributed by atoms with E-state index in [0.717, 1.165) is 41.5 Å². The number of aromatic nitrogens is 3. The highest BCUT2D eigenvalue weighted by Crippen LogP contribution is 2.29. The molecule has 0 amide bonds. The molecule has 1 N–H and O–H groups in total. The van der Waals surface area contributed by atoms with E-state index >= 15 is 0 Å². The molecule has 21 heavy (non-hydrogen) atoms. The van der Waals surface area contributed by atoms with Crippen molar-refractivity contribution in [1.29, 1.82) is 0 Å². The molecule has 0 spiro atoms. The van der Waals surface area contributed by atoms with E-state index in [2.05, 4.69) is 50.2 Å². The Kier molecular flexibility index (Phi) is 2.74. The summed E-state index contributed by atoms with van der Waals surface area (Å²) in [5.41, 5.74) is 4.24. The van der Waals surface area contributed by atoms with Gasteiger partial charge in [0.05, 0.1) is 5.52 Å². The van der Waals surface area contributed by atoms with E-state index in [0.29, 0.717) is 0 Å². The minimum absolute atomic E-state index is 0.808. The first-order valence-corrected chi connectivity index (χ1v) is 7.14. The van der Waals surface area contributed by atoms with Crippen LogP contribution >= 0.6 is 0 Å². The zero-order valence-corrected chi connectivity index (χ0v) is 11.9. The van der Waals surface area contributed by atoms with Gasteiger partial charge in [0, 0.05) is 18.8 Å². The van der Waals surface area contributed by atoms with Gasteiger partial charge in [0.2, 0.25) is 0 Å². The molecule has 3 heterocycles. The second-order valence-corrected chi connectivity index (χ2v) is 5.28. The Labute approximate surface area is 123 Å². The molecule has 1 aliphatic rings. The van der Waals surface area contributed by atoms with Crippen molar-refractivity contribution in [1.82, 2.24) is 15.0 Å². The Hall–Kier alpha value is -2.62. The third kappa shape index (κ3) is 2.09. The van der Waals surface area contributed by atoms with Crippen molar-refractivity contribution < 1.29 is 0 Å². The highest BCUT2D eigenvalue weighted by atomic mass is 15.2. The maximum Gasteiger partial charge on any atom is 0.157 e. The monoisotopic (exact) mass is 276 g/mol. The molecule has 0 saturated heterocycles. The Morgan fingerprint density at radius 1 is 1.05 bits per heavy atom. The minimum atomic E-state index is 0.808. The van der Waals surface area contributed by atoms with Crippen molar-refractivity contribution in [3.63, 3.8) is 0 Å². The molecular weight excluding hydrogens is 260 g/mol. The van der Waals surface area contributed by atoms with E-state index in [9.17, 15) is 0 Å². The molecule has 0 aliphatic carbocycles. The molecule has 4 heteroatoms. The molecule has 104 valence electrons.